The number of rotatable bonds is 7. The van der Waals surface area contributed by atoms with Crippen molar-refractivity contribution >= 4 is 29.1 Å². The van der Waals surface area contributed by atoms with Gasteiger partial charge in [-0.15, -0.1) is 11.3 Å². The standard InChI is InChI=1S/C27H26F2NO3S.C2HF3O2/c28-21-7-3-19(4-8-21)26(20-5-9-22(29)10-6-20)33-27(32)23-16-30(13-11-18(23)12-14-30)17-24(31)25-2-1-15-34-25;3-2(4,5)1(6)7/h1-10,15,18,23,26H,11-14,16-17H2;(H,6,7)/q+1;/p-1. The minimum absolute atomic E-state index is 0.123. The van der Waals surface area contributed by atoms with Gasteiger partial charge >= 0.3 is 12.1 Å². The van der Waals surface area contributed by atoms with Gasteiger partial charge in [0.1, 0.15) is 30.1 Å². The number of ketones is 1. The lowest BCUT2D eigenvalue weighted by Crippen LogP contribution is -2.64. The fourth-order valence-corrected chi connectivity index (χ4v) is 6.06. The number of benzene rings is 2. The van der Waals surface area contributed by atoms with Crippen molar-refractivity contribution in [2.24, 2.45) is 11.8 Å². The number of Topliss-reactive ketones (excluding diaryl/α,β-unsaturated/α-hetero) is 1. The minimum atomic E-state index is -5.19. The number of aliphatic carboxylic acids is 1. The van der Waals surface area contributed by atoms with E-state index in [1.165, 1.54) is 35.6 Å². The fraction of sp³-hybridized carbons (Fsp3) is 0.345. The second-order valence-corrected chi connectivity index (χ2v) is 11.1. The van der Waals surface area contributed by atoms with Crippen molar-refractivity contribution in [3.05, 3.63) is 93.7 Å². The lowest BCUT2D eigenvalue weighted by Gasteiger charge is -2.51. The first-order valence-electron chi connectivity index (χ1n) is 12.8. The SMILES string of the molecule is O=C(C[N+]12CCC(CC1)C(C(=O)OC(c1ccc(F)cc1)c1ccc(F)cc1)C2)c1cccs1.O=C([O-])C(F)(F)F. The summed E-state index contributed by atoms with van der Waals surface area (Å²) in [4.78, 5) is 35.9. The monoisotopic (exact) mass is 595 g/mol. The van der Waals surface area contributed by atoms with Gasteiger partial charge in [-0.2, -0.15) is 13.2 Å². The highest BCUT2D eigenvalue weighted by atomic mass is 32.1. The molecule has 6 nitrogen and oxygen atoms in total. The number of ether oxygens (including phenoxy) is 1. The Morgan fingerprint density at radius 1 is 0.927 bits per heavy atom. The number of carbonyl (C=O) groups is 3. The molecule has 0 aliphatic carbocycles. The third-order valence-electron chi connectivity index (χ3n) is 7.49. The topological polar surface area (TPSA) is 83.5 Å². The molecule has 3 aliphatic heterocycles. The number of alkyl halides is 3. The Morgan fingerprint density at radius 2 is 1.44 bits per heavy atom. The van der Waals surface area contributed by atoms with E-state index in [0.29, 0.717) is 28.7 Å². The number of hydrogen-bond donors (Lipinski definition) is 0. The number of thiophene rings is 1. The molecular weight excluding hydrogens is 569 g/mol. The van der Waals surface area contributed by atoms with Crippen molar-refractivity contribution < 1.29 is 50.7 Å². The average Bonchev–Trinajstić information content (AvgIpc) is 3.49. The summed E-state index contributed by atoms with van der Waals surface area (Å²) in [5, 5.41) is 10.7. The van der Waals surface area contributed by atoms with Crippen molar-refractivity contribution in [3.63, 3.8) is 0 Å². The number of esters is 1. The van der Waals surface area contributed by atoms with E-state index in [0.717, 1.165) is 30.8 Å². The number of carbonyl (C=O) groups excluding carboxylic acids is 3. The van der Waals surface area contributed by atoms with Crippen LogP contribution in [0.1, 0.15) is 39.7 Å². The molecular formula is C29H26F5NO5S. The van der Waals surface area contributed by atoms with E-state index in [-0.39, 0.29) is 35.2 Å². The van der Waals surface area contributed by atoms with Crippen molar-refractivity contribution in [2.45, 2.75) is 25.1 Å². The first-order valence-corrected chi connectivity index (χ1v) is 13.7. The largest absolute Gasteiger partial charge is 0.542 e. The molecule has 12 heteroatoms. The molecule has 3 fully saturated rings. The molecule has 0 radical (unpaired) electrons. The van der Waals surface area contributed by atoms with Crippen LogP contribution in [0.2, 0.25) is 0 Å². The zero-order chi connectivity index (χ0) is 29.8. The number of hydrogen-bond acceptors (Lipinski definition) is 6. The summed E-state index contributed by atoms with van der Waals surface area (Å²) in [7, 11) is 0. The number of piperidine rings is 3. The molecule has 3 aromatic rings. The number of quaternary nitrogens is 1. The van der Waals surface area contributed by atoms with E-state index < -0.39 is 18.2 Å². The normalized spacial score (nSPS) is 21.6. The van der Waals surface area contributed by atoms with Crippen LogP contribution in [0.25, 0.3) is 0 Å². The van der Waals surface area contributed by atoms with Crippen LogP contribution >= 0.6 is 11.3 Å². The Labute approximate surface area is 236 Å². The lowest BCUT2D eigenvalue weighted by molar-refractivity contribution is -0.938. The van der Waals surface area contributed by atoms with Gasteiger partial charge in [0.05, 0.1) is 24.5 Å². The summed E-state index contributed by atoms with van der Waals surface area (Å²) in [6, 6.07) is 15.4. The summed E-state index contributed by atoms with van der Waals surface area (Å²) in [5.74, 6) is -4.03. The number of halogens is 5. The predicted molar refractivity (Wildman–Crippen MR) is 136 cm³/mol. The third kappa shape index (κ3) is 7.56. The van der Waals surface area contributed by atoms with Crippen LogP contribution in [0.3, 0.4) is 0 Å². The first kappa shape index (κ1) is 30.3. The van der Waals surface area contributed by atoms with Crippen molar-refractivity contribution in [3.8, 4) is 0 Å². The molecule has 3 aliphatic rings. The summed E-state index contributed by atoms with van der Waals surface area (Å²) in [5.41, 5.74) is 1.25. The van der Waals surface area contributed by atoms with E-state index in [2.05, 4.69) is 0 Å². The fourth-order valence-electron chi connectivity index (χ4n) is 5.40. The molecule has 0 N–H and O–H groups in total. The van der Waals surface area contributed by atoms with Gasteiger partial charge in [0.2, 0.25) is 5.78 Å². The smallest absolute Gasteiger partial charge is 0.430 e. The highest BCUT2D eigenvalue weighted by Gasteiger charge is 2.50. The quantitative estimate of drug-likeness (QED) is 0.171. The molecule has 1 aromatic heterocycles. The van der Waals surface area contributed by atoms with Crippen molar-refractivity contribution in [1.82, 2.24) is 0 Å². The van der Waals surface area contributed by atoms with Crippen LogP contribution in [0.15, 0.2) is 66.0 Å². The number of nitrogens with zero attached hydrogens (tertiary/aromatic N) is 1. The van der Waals surface area contributed by atoms with Gasteiger partial charge in [-0.1, -0.05) is 30.3 Å². The molecule has 1 unspecified atom stereocenters. The summed E-state index contributed by atoms with van der Waals surface area (Å²) < 4.78 is 65.3. The van der Waals surface area contributed by atoms with Crippen LogP contribution in [0.5, 0.6) is 0 Å². The van der Waals surface area contributed by atoms with Crippen LogP contribution < -0.4 is 5.11 Å². The van der Waals surface area contributed by atoms with Gasteiger partial charge in [0.25, 0.3) is 0 Å². The Hall–Kier alpha value is -3.64. The highest BCUT2D eigenvalue weighted by molar-refractivity contribution is 7.12. The van der Waals surface area contributed by atoms with Gasteiger partial charge in [-0.05, 0) is 52.8 Å². The van der Waals surface area contributed by atoms with E-state index in [9.17, 15) is 31.5 Å². The van der Waals surface area contributed by atoms with Crippen LogP contribution in [-0.4, -0.2) is 54.6 Å². The molecule has 218 valence electrons. The molecule has 4 heterocycles. The number of carboxylic acid groups (broad SMARTS) is 1. The van der Waals surface area contributed by atoms with E-state index in [1.54, 1.807) is 24.3 Å². The maximum atomic E-state index is 13.5. The Balaban J connectivity index is 0.000000493. The predicted octanol–water partition coefficient (Wildman–Crippen LogP) is 4.70. The van der Waals surface area contributed by atoms with Crippen LogP contribution in [0, 0.1) is 23.5 Å². The van der Waals surface area contributed by atoms with Crippen LogP contribution in [0.4, 0.5) is 22.0 Å². The Bertz CT molecular complexity index is 1310. The molecule has 2 bridgehead atoms. The Morgan fingerprint density at radius 3 is 1.88 bits per heavy atom. The molecule has 0 spiro atoms. The summed E-state index contributed by atoms with van der Waals surface area (Å²) >= 11 is 1.45. The van der Waals surface area contributed by atoms with Gasteiger partial charge in [0, 0.05) is 12.8 Å². The maximum absolute atomic E-state index is 13.5. The van der Waals surface area contributed by atoms with E-state index in [1.807, 2.05) is 17.5 Å². The third-order valence-corrected chi connectivity index (χ3v) is 8.40. The van der Waals surface area contributed by atoms with Crippen molar-refractivity contribution in [2.75, 3.05) is 26.2 Å². The molecule has 6 rings (SSSR count). The average molecular weight is 596 g/mol. The zero-order valence-corrected chi connectivity index (χ0v) is 22.4. The first-order chi connectivity index (χ1) is 19.4. The number of fused-ring (bicyclic) bond motifs is 3. The second kappa shape index (κ2) is 12.5. The molecule has 0 saturated carbocycles. The van der Waals surface area contributed by atoms with Gasteiger partial charge < -0.3 is 19.1 Å². The molecule has 0 amide bonds. The van der Waals surface area contributed by atoms with Gasteiger partial charge in [-0.25, -0.2) is 8.78 Å². The molecule has 1 atom stereocenters. The van der Waals surface area contributed by atoms with Gasteiger partial charge in [-0.3, -0.25) is 9.59 Å². The highest BCUT2D eigenvalue weighted by Crippen LogP contribution is 2.40. The van der Waals surface area contributed by atoms with Crippen molar-refractivity contribution in [1.29, 1.82) is 0 Å². The molecule has 2 aromatic carbocycles. The second-order valence-electron chi connectivity index (χ2n) is 10.2. The molecule has 3 saturated heterocycles. The zero-order valence-electron chi connectivity index (χ0n) is 21.6. The summed E-state index contributed by atoms with van der Waals surface area (Å²) in [6.07, 6.45) is -4.19. The van der Waals surface area contributed by atoms with Gasteiger partial charge in [0.15, 0.2) is 6.10 Å². The summed E-state index contributed by atoms with van der Waals surface area (Å²) in [6.45, 7) is 2.77. The Kier molecular flexibility index (Phi) is 9.23. The number of carboxylic acids is 1. The minimum Gasteiger partial charge on any atom is -0.542 e. The molecule has 41 heavy (non-hydrogen) atoms. The maximum Gasteiger partial charge on any atom is 0.430 e. The van der Waals surface area contributed by atoms with E-state index >= 15 is 0 Å². The lowest BCUT2D eigenvalue weighted by atomic mass is 9.77. The van der Waals surface area contributed by atoms with Crippen LogP contribution in [-0.2, 0) is 14.3 Å². The van der Waals surface area contributed by atoms with E-state index in [4.69, 9.17) is 14.6 Å².